The SMILES string of the molecule is C#CCOc1nc(N)ncc1Br. The topological polar surface area (TPSA) is 61.0 Å². The molecule has 5 heteroatoms. The summed E-state index contributed by atoms with van der Waals surface area (Å²) in [6, 6.07) is 0. The summed E-state index contributed by atoms with van der Waals surface area (Å²) >= 11 is 3.19. The number of ether oxygens (including phenoxy) is 1. The van der Waals surface area contributed by atoms with Gasteiger partial charge < -0.3 is 10.5 Å². The Kier molecular flexibility index (Phi) is 2.88. The van der Waals surface area contributed by atoms with Crippen molar-refractivity contribution in [2.24, 2.45) is 0 Å². The van der Waals surface area contributed by atoms with Crippen LogP contribution >= 0.6 is 15.9 Å². The monoisotopic (exact) mass is 227 g/mol. The van der Waals surface area contributed by atoms with Crippen LogP contribution in [0.4, 0.5) is 5.95 Å². The maximum Gasteiger partial charge on any atom is 0.233 e. The molecular weight excluding hydrogens is 222 g/mol. The first-order chi connectivity index (χ1) is 5.74. The molecule has 0 saturated heterocycles. The van der Waals surface area contributed by atoms with E-state index in [9.17, 15) is 0 Å². The Morgan fingerprint density at radius 2 is 2.50 bits per heavy atom. The second-order valence-corrected chi connectivity index (χ2v) is 2.73. The highest BCUT2D eigenvalue weighted by molar-refractivity contribution is 9.10. The van der Waals surface area contributed by atoms with Crippen LogP contribution in [0.5, 0.6) is 5.88 Å². The molecule has 0 bridgehead atoms. The molecule has 0 saturated carbocycles. The molecule has 12 heavy (non-hydrogen) atoms. The highest BCUT2D eigenvalue weighted by Crippen LogP contribution is 2.21. The zero-order valence-electron chi connectivity index (χ0n) is 6.12. The van der Waals surface area contributed by atoms with E-state index < -0.39 is 0 Å². The zero-order chi connectivity index (χ0) is 8.97. The number of nitrogen functional groups attached to an aromatic ring is 1. The third-order valence-electron chi connectivity index (χ3n) is 1.02. The third kappa shape index (κ3) is 2.10. The Morgan fingerprint density at radius 1 is 1.75 bits per heavy atom. The van der Waals surface area contributed by atoms with Gasteiger partial charge in [-0.05, 0) is 15.9 Å². The van der Waals surface area contributed by atoms with Gasteiger partial charge in [0, 0.05) is 0 Å². The second-order valence-electron chi connectivity index (χ2n) is 1.87. The van der Waals surface area contributed by atoms with Crippen molar-refractivity contribution in [3.8, 4) is 18.2 Å². The van der Waals surface area contributed by atoms with Crippen molar-refractivity contribution < 1.29 is 4.74 Å². The number of terminal acetylenes is 1. The van der Waals surface area contributed by atoms with Crippen molar-refractivity contribution in [3.05, 3.63) is 10.7 Å². The van der Waals surface area contributed by atoms with E-state index in [0.29, 0.717) is 10.4 Å². The van der Waals surface area contributed by atoms with Gasteiger partial charge in [0.05, 0.1) is 10.7 Å². The first-order valence-corrected chi connectivity index (χ1v) is 3.87. The van der Waals surface area contributed by atoms with E-state index >= 15 is 0 Å². The standard InChI is InChI=1S/C7H6BrN3O/c1-2-3-12-6-5(8)4-10-7(9)11-6/h1,4H,3H2,(H2,9,10,11). The minimum atomic E-state index is 0.158. The Morgan fingerprint density at radius 3 is 3.17 bits per heavy atom. The van der Waals surface area contributed by atoms with Crippen molar-refractivity contribution in [1.29, 1.82) is 0 Å². The molecule has 0 aromatic carbocycles. The van der Waals surface area contributed by atoms with Crippen LogP contribution in [-0.4, -0.2) is 16.6 Å². The number of anilines is 1. The van der Waals surface area contributed by atoms with Gasteiger partial charge in [-0.1, -0.05) is 5.92 Å². The van der Waals surface area contributed by atoms with E-state index in [4.69, 9.17) is 16.9 Å². The predicted molar refractivity (Wildman–Crippen MR) is 48.5 cm³/mol. The van der Waals surface area contributed by atoms with Crippen molar-refractivity contribution in [2.45, 2.75) is 0 Å². The molecule has 0 atom stereocenters. The molecule has 0 spiro atoms. The van der Waals surface area contributed by atoms with Crippen molar-refractivity contribution in [2.75, 3.05) is 12.3 Å². The third-order valence-corrected chi connectivity index (χ3v) is 1.57. The molecule has 0 fully saturated rings. The Labute approximate surface area is 78.3 Å². The maximum absolute atomic E-state index is 5.32. The molecule has 4 nitrogen and oxygen atoms in total. The van der Waals surface area contributed by atoms with E-state index in [1.54, 1.807) is 0 Å². The van der Waals surface area contributed by atoms with E-state index in [0.717, 1.165) is 0 Å². The van der Waals surface area contributed by atoms with E-state index in [-0.39, 0.29) is 12.6 Å². The summed E-state index contributed by atoms with van der Waals surface area (Å²) in [4.78, 5) is 7.55. The number of aromatic nitrogens is 2. The van der Waals surface area contributed by atoms with Crippen LogP contribution in [0, 0.1) is 12.3 Å². The van der Waals surface area contributed by atoms with Gasteiger partial charge in [-0.15, -0.1) is 6.42 Å². The molecule has 2 N–H and O–H groups in total. The van der Waals surface area contributed by atoms with Gasteiger partial charge >= 0.3 is 0 Å². The Bertz CT molecular complexity index is 321. The summed E-state index contributed by atoms with van der Waals surface area (Å²) in [5.74, 6) is 2.84. The minimum Gasteiger partial charge on any atom is -0.464 e. The van der Waals surface area contributed by atoms with Gasteiger partial charge in [-0.3, -0.25) is 0 Å². The Hall–Kier alpha value is -1.28. The molecule has 1 rings (SSSR count). The van der Waals surface area contributed by atoms with Gasteiger partial charge in [0.15, 0.2) is 6.61 Å². The van der Waals surface area contributed by atoms with E-state index in [2.05, 4.69) is 31.8 Å². The quantitative estimate of drug-likeness (QED) is 0.761. The van der Waals surface area contributed by atoms with Gasteiger partial charge in [0.1, 0.15) is 0 Å². The van der Waals surface area contributed by atoms with Gasteiger partial charge in [-0.2, -0.15) is 4.98 Å². The van der Waals surface area contributed by atoms with Crippen molar-refractivity contribution in [3.63, 3.8) is 0 Å². The molecule has 0 aliphatic rings. The predicted octanol–water partition coefficient (Wildman–Crippen LogP) is 0.833. The normalized spacial score (nSPS) is 9.00. The van der Waals surface area contributed by atoms with Gasteiger partial charge in [-0.25, -0.2) is 4.98 Å². The summed E-state index contributed by atoms with van der Waals surface area (Å²) in [5, 5.41) is 0. The molecule has 0 radical (unpaired) electrons. The number of nitrogens with two attached hydrogens (primary N) is 1. The second kappa shape index (κ2) is 3.93. The summed E-state index contributed by atoms with van der Waals surface area (Å²) in [7, 11) is 0. The van der Waals surface area contributed by atoms with Crippen molar-refractivity contribution in [1.82, 2.24) is 9.97 Å². The Balaban J connectivity index is 2.84. The van der Waals surface area contributed by atoms with Gasteiger partial charge in [0.25, 0.3) is 0 Å². The molecule has 0 aliphatic heterocycles. The first kappa shape index (κ1) is 8.81. The van der Waals surface area contributed by atoms with Crippen LogP contribution in [0.1, 0.15) is 0 Å². The fraction of sp³-hybridized carbons (Fsp3) is 0.143. The molecule has 62 valence electrons. The number of rotatable bonds is 2. The average Bonchev–Trinajstić information content (AvgIpc) is 2.07. The zero-order valence-corrected chi connectivity index (χ0v) is 7.71. The van der Waals surface area contributed by atoms with E-state index in [1.807, 2.05) is 0 Å². The molecule has 0 unspecified atom stereocenters. The fourth-order valence-corrected chi connectivity index (χ4v) is 0.881. The molecule has 1 aromatic heterocycles. The lowest BCUT2D eigenvalue weighted by molar-refractivity contribution is 0.353. The highest BCUT2D eigenvalue weighted by atomic mass is 79.9. The highest BCUT2D eigenvalue weighted by Gasteiger charge is 2.02. The van der Waals surface area contributed by atoms with E-state index in [1.165, 1.54) is 6.20 Å². The molecule has 0 amide bonds. The minimum absolute atomic E-state index is 0.158. The number of halogens is 1. The first-order valence-electron chi connectivity index (χ1n) is 3.08. The van der Waals surface area contributed by atoms with Crippen LogP contribution < -0.4 is 10.5 Å². The lowest BCUT2D eigenvalue weighted by atomic mass is 10.6. The van der Waals surface area contributed by atoms with Gasteiger partial charge in [0.2, 0.25) is 11.8 Å². The number of hydrogen-bond acceptors (Lipinski definition) is 4. The lowest BCUT2D eigenvalue weighted by Crippen LogP contribution is -2.01. The number of nitrogens with zero attached hydrogens (tertiary/aromatic N) is 2. The largest absolute Gasteiger partial charge is 0.464 e. The molecule has 1 heterocycles. The van der Waals surface area contributed by atoms with Crippen LogP contribution in [0.15, 0.2) is 10.7 Å². The average molecular weight is 228 g/mol. The van der Waals surface area contributed by atoms with Crippen LogP contribution in [0.3, 0.4) is 0 Å². The summed E-state index contributed by atoms with van der Waals surface area (Å²) in [5.41, 5.74) is 5.32. The molecule has 0 aliphatic carbocycles. The molecule has 1 aromatic rings. The summed E-state index contributed by atoms with van der Waals surface area (Å²) < 4.78 is 5.68. The molecular formula is C7H6BrN3O. The maximum atomic E-state index is 5.32. The fourth-order valence-electron chi connectivity index (χ4n) is 0.576. The lowest BCUT2D eigenvalue weighted by Gasteiger charge is -2.02. The summed E-state index contributed by atoms with van der Waals surface area (Å²) in [6.45, 7) is 0.162. The van der Waals surface area contributed by atoms with Crippen LogP contribution in [-0.2, 0) is 0 Å². The van der Waals surface area contributed by atoms with Crippen LogP contribution in [0.25, 0.3) is 0 Å². The van der Waals surface area contributed by atoms with Crippen molar-refractivity contribution >= 4 is 21.9 Å². The summed E-state index contributed by atoms with van der Waals surface area (Å²) in [6.07, 6.45) is 6.51. The number of hydrogen-bond donors (Lipinski definition) is 1. The van der Waals surface area contributed by atoms with Crippen LogP contribution in [0.2, 0.25) is 0 Å². The smallest absolute Gasteiger partial charge is 0.233 e.